The van der Waals surface area contributed by atoms with Gasteiger partial charge in [0.25, 0.3) is 21.6 Å². The van der Waals surface area contributed by atoms with Gasteiger partial charge in [0, 0.05) is 67.0 Å². The van der Waals surface area contributed by atoms with Gasteiger partial charge in [-0.3, -0.25) is 19.8 Å². The second kappa shape index (κ2) is 16.4. The number of nitro benzene ring substituents is 1. The summed E-state index contributed by atoms with van der Waals surface area (Å²) in [5.41, 5.74) is 5.90. The second-order valence-electron chi connectivity index (χ2n) is 18.3. The lowest BCUT2D eigenvalue weighted by atomic mass is 9.60. The number of ether oxygens (including phenoxy) is 3. The molecule has 2 saturated carbocycles. The molecule has 6 heterocycles. The van der Waals surface area contributed by atoms with Gasteiger partial charge in [-0.1, -0.05) is 24.3 Å². The van der Waals surface area contributed by atoms with E-state index in [1.807, 2.05) is 29.2 Å². The molecular weight excluding hydrogens is 837 g/mol. The Morgan fingerprint density at radius 1 is 0.938 bits per heavy atom. The van der Waals surface area contributed by atoms with Gasteiger partial charge in [0.15, 0.2) is 0 Å². The summed E-state index contributed by atoms with van der Waals surface area (Å²) in [6.45, 7) is 5.28. The third-order valence-electron chi connectivity index (χ3n) is 14.1. The van der Waals surface area contributed by atoms with Gasteiger partial charge in [0.1, 0.15) is 17.0 Å². The van der Waals surface area contributed by atoms with Crippen molar-refractivity contribution in [2.75, 3.05) is 74.3 Å². The van der Waals surface area contributed by atoms with Crippen LogP contribution in [0.4, 0.5) is 28.4 Å². The van der Waals surface area contributed by atoms with Crippen molar-refractivity contribution in [2.24, 2.45) is 5.41 Å². The summed E-state index contributed by atoms with van der Waals surface area (Å²) in [6.07, 6.45) is 9.48. The number of sulfonamides is 1. The minimum atomic E-state index is -4.57. The lowest BCUT2D eigenvalue weighted by Gasteiger charge is -2.62. The number of benzene rings is 3. The smallest absolute Gasteiger partial charge is 0.293 e. The summed E-state index contributed by atoms with van der Waals surface area (Å²) in [6, 6.07) is 23.1. The molecule has 5 fully saturated rings. The highest BCUT2D eigenvalue weighted by atomic mass is 32.2. The van der Waals surface area contributed by atoms with Crippen LogP contribution in [0.2, 0.25) is 0 Å². The van der Waals surface area contributed by atoms with Gasteiger partial charge in [-0.25, -0.2) is 13.1 Å². The molecule has 64 heavy (non-hydrogen) atoms. The molecule has 1 amide bonds. The number of pyridine rings is 1. The van der Waals surface area contributed by atoms with Crippen LogP contribution in [0.25, 0.3) is 11.0 Å². The molecule has 2 aliphatic carbocycles. The quantitative estimate of drug-likeness (QED) is 0.0859. The maximum absolute atomic E-state index is 14.3. The SMILES string of the molecule is O=C(NS(=O)(=O)c1ccc(NC[C@H]2COCCO2)c([N+](=O)[O-])c1)c1ccc(N2CC3(CC(N4CCCC4c4ccccc4C4CC4)C3)C2)cc1N1CCCOc2nc3[nH]ccc3cc21. The summed E-state index contributed by atoms with van der Waals surface area (Å²) in [5.74, 6) is 0.268. The van der Waals surface area contributed by atoms with Crippen molar-refractivity contribution >= 4 is 55.4 Å². The standard InChI is InChI=1S/C47H52N8O8S/c56-45(51-64(59,60)35-11-13-39(42(23-35)55(57)58)49-26-34-27-61-19-20-62-34)38-12-10-32(22-41(38)54-17-4-18-63-46-43(54)21-31-14-15-48-44(31)50-46)52-28-47(29-52)24-33(25-47)53-16-3-7-40(53)37-6-2-1-5-36(37)30-8-9-30/h1-2,5-6,10-15,21-23,30,33-34,40,49H,3-4,7-9,16-20,24-29H2,(H,48,50)(H,51,56)/t34-,40?/m0/s1. The van der Waals surface area contributed by atoms with Crippen LogP contribution in [-0.4, -0.2) is 105 Å². The number of likely N-dealkylation sites (tertiary alicyclic amines) is 1. The maximum atomic E-state index is 14.3. The molecule has 2 atom stereocenters. The topological polar surface area (TPSA) is 185 Å². The number of nitrogens with one attached hydrogen (secondary N) is 3. The number of carbonyl (C=O) groups excluding carboxylic acids is 1. The summed E-state index contributed by atoms with van der Waals surface area (Å²) in [4.78, 5) is 40.5. The fraction of sp³-hybridized carbons (Fsp3) is 0.447. The lowest BCUT2D eigenvalue weighted by molar-refractivity contribution is -0.384. The minimum absolute atomic E-state index is 0.120. The third kappa shape index (κ3) is 7.71. The van der Waals surface area contributed by atoms with Crippen molar-refractivity contribution in [3.05, 3.63) is 106 Å². The van der Waals surface area contributed by atoms with Crippen molar-refractivity contribution in [2.45, 2.75) is 73.9 Å². The molecule has 3 aromatic carbocycles. The molecule has 3 N–H and O–H groups in total. The first-order valence-corrected chi connectivity index (χ1v) is 24.0. The van der Waals surface area contributed by atoms with Gasteiger partial charge >= 0.3 is 0 Å². The number of fused-ring (bicyclic) bond motifs is 2. The van der Waals surface area contributed by atoms with Crippen molar-refractivity contribution in [3.63, 3.8) is 0 Å². The Kier molecular flexibility index (Phi) is 10.5. The van der Waals surface area contributed by atoms with Crippen LogP contribution in [0, 0.1) is 15.5 Å². The minimum Gasteiger partial charge on any atom is -0.476 e. The number of hydrogen-bond acceptors (Lipinski definition) is 13. The molecule has 5 aromatic rings. The van der Waals surface area contributed by atoms with E-state index < -0.39 is 31.4 Å². The number of aromatic nitrogens is 2. The molecule has 1 unspecified atom stereocenters. The molecular formula is C47H52N8O8S. The summed E-state index contributed by atoms with van der Waals surface area (Å²) in [5, 5.41) is 16.0. The molecule has 6 aliphatic rings. The molecule has 0 bridgehead atoms. The number of H-pyrrole nitrogens is 1. The second-order valence-corrected chi connectivity index (χ2v) is 20.0. The number of nitrogens with zero attached hydrogens (tertiary/aromatic N) is 5. The summed E-state index contributed by atoms with van der Waals surface area (Å²) >= 11 is 0. The first-order chi connectivity index (χ1) is 31.1. The van der Waals surface area contributed by atoms with Crippen LogP contribution < -0.4 is 24.6 Å². The largest absolute Gasteiger partial charge is 0.476 e. The predicted molar refractivity (Wildman–Crippen MR) is 241 cm³/mol. The Hall–Kier alpha value is -5.75. The normalized spacial score (nSPS) is 22.3. The highest BCUT2D eigenvalue weighted by Crippen LogP contribution is 2.55. The van der Waals surface area contributed by atoms with Crippen molar-refractivity contribution < 1.29 is 32.3 Å². The zero-order valence-electron chi connectivity index (χ0n) is 35.5. The first kappa shape index (κ1) is 41.0. The van der Waals surface area contributed by atoms with E-state index in [-0.39, 0.29) is 29.3 Å². The summed E-state index contributed by atoms with van der Waals surface area (Å²) in [7, 11) is -4.57. The van der Waals surface area contributed by atoms with Gasteiger partial charge < -0.3 is 34.3 Å². The van der Waals surface area contributed by atoms with Crippen LogP contribution in [0.3, 0.4) is 0 Å². The molecule has 4 aliphatic heterocycles. The molecule has 11 rings (SSSR count). The predicted octanol–water partition coefficient (Wildman–Crippen LogP) is 7.02. The van der Waals surface area contributed by atoms with Crippen LogP contribution in [0.15, 0.2) is 83.9 Å². The van der Waals surface area contributed by atoms with Gasteiger partial charge in [-0.15, -0.1) is 0 Å². The van der Waals surface area contributed by atoms with Gasteiger partial charge in [-0.2, -0.15) is 4.98 Å². The van der Waals surface area contributed by atoms with E-state index >= 15 is 0 Å². The number of hydrogen-bond donors (Lipinski definition) is 3. The van der Waals surface area contributed by atoms with Gasteiger partial charge in [-0.05, 0) is 111 Å². The average Bonchev–Trinajstić information content (AvgIpc) is 3.90. The maximum Gasteiger partial charge on any atom is 0.293 e. The van der Waals surface area contributed by atoms with Crippen LogP contribution in [0.5, 0.6) is 5.88 Å². The highest BCUT2D eigenvalue weighted by molar-refractivity contribution is 7.90. The van der Waals surface area contributed by atoms with E-state index in [2.05, 4.69) is 49.1 Å². The highest BCUT2D eigenvalue weighted by Gasteiger charge is 2.55. The van der Waals surface area contributed by atoms with E-state index in [1.54, 1.807) is 23.4 Å². The van der Waals surface area contributed by atoms with Gasteiger partial charge in [0.05, 0.1) is 53.6 Å². The number of carbonyl (C=O) groups is 1. The molecule has 0 radical (unpaired) electrons. The Morgan fingerprint density at radius 3 is 2.58 bits per heavy atom. The van der Waals surface area contributed by atoms with Gasteiger partial charge in [0.2, 0.25) is 5.88 Å². The van der Waals surface area contributed by atoms with E-state index in [9.17, 15) is 23.3 Å². The number of anilines is 4. The number of aromatic amines is 1. The summed E-state index contributed by atoms with van der Waals surface area (Å²) < 4.78 is 47.2. The molecule has 334 valence electrons. The number of rotatable bonds is 12. The molecule has 16 nitrogen and oxygen atoms in total. The zero-order chi connectivity index (χ0) is 43.6. The van der Waals surface area contributed by atoms with Crippen LogP contribution in [-0.2, 0) is 19.5 Å². The molecule has 3 saturated heterocycles. The Bertz CT molecular complexity index is 2720. The Labute approximate surface area is 371 Å². The van der Waals surface area contributed by atoms with E-state index in [1.165, 1.54) is 37.8 Å². The number of amides is 1. The van der Waals surface area contributed by atoms with Crippen molar-refractivity contribution in [3.8, 4) is 5.88 Å². The lowest BCUT2D eigenvalue weighted by Crippen LogP contribution is -2.66. The van der Waals surface area contributed by atoms with E-state index in [0.717, 1.165) is 55.5 Å². The molecule has 17 heteroatoms. The fourth-order valence-electron chi connectivity index (χ4n) is 10.8. The number of nitro groups is 1. The van der Waals surface area contributed by atoms with E-state index in [0.29, 0.717) is 74.4 Å². The average molecular weight is 889 g/mol. The van der Waals surface area contributed by atoms with Crippen LogP contribution >= 0.6 is 0 Å². The Balaban J connectivity index is 0.849. The first-order valence-electron chi connectivity index (χ1n) is 22.5. The molecule has 1 spiro atoms. The van der Waals surface area contributed by atoms with Crippen LogP contribution in [0.1, 0.15) is 78.4 Å². The molecule has 2 aromatic heterocycles. The monoisotopic (exact) mass is 888 g/mol. The van der Waals surface area contributed by atoms with Crippen molar-refractivity contribution in [1.29, 1.82) is 0 Å². The van der Waals surface area contributed by atoms with Crippen molar-refractivity contribution in [1.82, 2.24) is 19.6 Å². The zero-order valence-corrected chi connectivity index (χ0v) is 36.4. The Morgan fingerprint density at radius 2 is 1.78 bits per heavy atom. The third-order valence-corrected chi connectivity index (χ3v) is 15.4. The fourth-order valence-corrected chi connectivity index (χ4v) is 11.7. The van der Waals surface area contributed by atoms with E-state index in [4.69, 9.17) is 19.2 Å².